The van der Waals surface area contributed by atoms with Crippen LogP contribution in [0.15, 0.2) is 35.3 Å². The lowest BCUT2D eigenvalue weighted by Crippen LogP contribution is -2.53. The summed E-state index contributed by atoms with van der Waals surface area (Å²) in [6.07, 6.45) is 0.408. The molecule has 17 heavy (non-hydrogen) atoms. The molecule has 1 saturated carbocycles. The molecule has 1 aromatic carbocycles. The maximum Gasteiger partial charge on any atom is 0.193 e. The second-order valence-corrected chi connectivity index (χ2v) is 5.09. The van der Waals surface area contributed by atoms with E-state index in [1.807, 2.05) is 44.2 Å². The van der Waals surface area contributed by atoms with Gasteiger partial charge in [-0.15, -0.1) is 0 Å². The summed E-state index contributed by atoms with van der Waals surface area (Å²) in [5.41, 5.74) is 6.58. The van der Waals surface area contributed by atoms with Crippen LogP contribution in [0.1, 0.15) is 20.3 Å². The van der Waals surface area contributed by atoms with E-state index < -0.39 is 0 Å². The molecule has 2 atom stereocenters. The topological polar surface area (TPSA) is 70.6 Å². The highest BCUT2D eigenvalue weighted by Crippen LogP contribution is 2.42. The molecule has 0 aliphatic heterocycles. The van der Waals surface area contributed by atoms with Crippen molar-refractivity contribution in [2.45, 2.75) is 32.4 Å². The Morgan fingerprint density at radius 1 is 1.41 bits per heavy atom. The first kappa shape index (κ1) is 11.9. The fourth-order valence-corrected chi connectivity index (χ4v) is 1.97. The predicted octanol–water partition coefficient (Wildman–Crippen LogP) is 1.57. The molecule has 0 radical (unpaired) electrons. The Hall–Kier alpha value is -1.55. The van der Waals surface area contributed by atoms with Gasteiger partial charge in [0.1, 0.15) is 0 Å². The molecule has 0 amide bonds. The minimum absolute atomic E-state index is 0.0914. The van der Waals surface area contributed by atoms with E-state index in [2.05, 4.69) is 10.3 Å². The van der Waals surface area contributed by atoms with E-state index in [0.29, 0.717) is 12.4 Å². The molecule has 1 aliphatic carbocycles. The van der Waals surface area contributed by atoms with Gasteiger partial charge in [0.2, 0.25) is 0 Å². The predicted molar refractivity (Wildman–Crippen MR) is 69.9 cm³/mol. The van der Waals surface area contributed by atoms with Crippen molar-refractivity contribution in [3.8, 4) is 0 Å². The van der Waals surface area contributed by atoms with Gasteiger partial charge in [0, 0.05) is 11.1 Å². The molecule has 4 heteroatoms. The van der Waals surface area contributed by atoms with Crippen molar-refractivity contribution in [1.29, 1.82) is 0 Å². The first-order valence-corrected chi connectivity index (χ1v) is 5.83. The summed E-state index contributed by atoms with van der Waals surface area (Å²) in [6.45, 7) is 4.01. The van der Waals surface area contributed by atoms with E-state index >= 15 is 0 Å². The summed E-state index contributed by atoms with van der Waals surface area (Å²) in [5, 5.41) is 12.7. The number of nitrogens with one attached hydrogen (secondary N) is 1. The average molecular weight is 233 g/mol. The van der Waals surface area contributed by atoms with Gasteiger partial charge in [0.05, 0.1) is 12.1 Å². The molecule has 2 rings (SSSR count). The second-order valence-electron chi connectivity index (χ2n) is 5.09. The number of aliphatic imine (C=N–C) groups is 1. The summed E-state index contributed by atoms with van der Waals surface area (Å²) in [5.74, 6) is 0.404. The van der Waals surface area contributed by atoms with Gasteiger partial charge in [0.15, 0.2) is 5.96 Å². The monoisotopic (exact) mass is 233 g/mol. The Bertz CT molecular complexity index is 414. The van der Waals surface area contributed by atoms with Crippen molar-refractivity contribution in [2.24, 2.45) is 16.1 Å². The second kappa shape index (κ2) is 4.37. The SMILES string of the molecule is CC1(C)C(O)CC1N=C(N)Nc1ccccc1. The van der Waals surface area contributed by atoms with E-state index in [0.717, 1.165) is 5.69 Å². The number of aliphatic hydroxyl groups is 1. The maximum atomic E-state index is 9.62. The van der Waals surface area contributed by atoms with Gasteiger partial charge >= 0.3 is 0 Å². The van der Waals surface area contributed by atoms with Crippen LogP contribution in [0.5, 0.6) is 0 Å². The van der Waals surface area contributed by atoms with Crippen LogP contribution < -0.4 is 11.1 Å². The average Bonchev–Trinajstić information content (AvgIpc) is 2.30. The summed E-state index contributed by atoms with van der Waals surface area (Å²) >= 11 is 0. The zero-order valence-corrected chi connectivity index (χ0v) is 10.2. The van der Waals surface area contributed by atoms with Crippen LogP contribution >= 0.6 is 0 Å². The Labute approximate surface area is 102 Å². The summed E-state index contributed by atoms with van der Waals surface area (Å²) in [4.78, 5) is 4.40. The molecule has 1 fully saturated rings. The Balaban J connectivity index is 1.99. The first-order valence-electron chi connectivity index (χ1n) is 5.83. The standard InChI is InChI=1S/C13H19N3O/c1-13(2)10(8-11(13)17)16-12(14)15-9-6-4-3-5-7-9/h3-7,10-11,17H,8H2,1-2H3,(H3,14,15,16). The van der Waals surface area contributed by atoms with Crippen LogP contribution in [0, 0.1) is 5.41 Å². The number of rotatable bonds is 2. The largest absolute Gasteiger partial charge is 0.392 e. The molecule has 0 heterocycles. The van der Waals surface area contributed by atoms with Crippen LogP contribution in [-0.2, 0) is 0 Å². The van der Waals surface area contributed by atoms with Gasteiger partial charge in [-0.3, -0.25) is 0 Å². The molecule has 2 unspecified atom stereocenters. The minimum atomic E-state index is -0.277. The number of aliphatic hydroxyl groups excluding tert-OH is 1. The minimum Gasteiger partial charge on any atom is -0.392 e. The number of hydrogen-bond donors (Lipinski definition) is 3. The zero-order chi connectivity index (χ0) is 12.5. The first-order chi connectivity index (χ1) is 8.00. The van der Waals surface area contributed by atoms with Gasteiger partial charge in [-0.25, -0.2) is 4.99 Å². The molecular formula is C13H19N3O. The van der Waals surface area contributed by atoms with Crippen molar-refractivity contribution in [3.63, 3.8) is 0 Å². The van der Waals surface area contributed by atoms with E-state index in [-0.39, 0.29) is 17.6 Å². The molecule has 0 saturated heterocycles. The molecule has 4 N–H and O–H groups in total. The maximum absolute atomic E-state index is 9.62. The van der Waals surface area contributed by atoms with Crippen LogP contribution in [0.2, 0.25) is 0 Å². The van der Waals surface area contributed by atoms with E-state index in [1.54, 1.807) is 0 Å². The molecule has 0 spiro atoms. The molecule has 4 nitrogen and oxygen atoms in total. The summed E-state index contributed by atoms with van der Waals surface area (Å²) in [7, 11) is 0. The highest BCUT2D eigenvalue weighted by molar-refractivity contribution is 5.92. The van der Waals surface area contributed by atoms with Crippen molar-refractivity contribution < 1.29 is 5.11 Å². The van der Waals surface area contributed by atoms with Gasteiger partial charge in [0.25, 0.3) is 0 Å². The number of anilines is 1. The summed E-state index contributed by atoms with van der Waals surface area (Å²) < 4.78 is 0. The van der Waals surface area contributed by atoms with Crippen LogP contribution in [-0.4, -0.2) is 23.2 Å². The van der Waals surface area contributed by atoms with E-state index in [1.165, 1.54) is 0 Å². The van der Waals surface area contributed by atoms with Crippen molar-refractivity contribution in [1.82, 2.24) is 0 Å². The molecule has 92 valence electrons. The molecular weight excluding hydrogens is 214 g/mol. The smallest absolute Gasteiger partial charge is 0.193 e. The van der Waals surface area contributed by atoms with Gasteiger partial charge < -0.3 is 16.2 Å². The number of guanidine groups is 1. The molecule has 1 aliphatic rings. The highest BCUT2D eigenvalue weighted by atomic mass is 16.3. The lowest BCUT2D eigenvalue weighted by molar-refractivity contribution is -0.0576. The number of benzene rings is 1. The molecule has 0 aromatic heterocycles. The molecule has 1 aromatic rings. The summed E-state index contributed by atoms with van der Waals surface area (Å²) in [6, 6.07) is 9.78. The third-order valence-corrected chi connectivity index (χ3v) is 3.51. The van der Waals surface area contributed by atoms with Crippen LogP contribution in [0.25, 0.3) is 0 Å². The fraction of sp³-hybridized carbons (Fsp3) is 0.462. The number of nitrogens with zero attached hydrogens (tertiary/aromatic N) is 1. The highest BCUT2D eigenvalue weighted by Gasteiger charge is 2.47. The lowest BCUT2D eigenvalue weighted by atomic mass is 9.65. The van der Waals surface area contributed by atoms with Gasteiger partial charge in [-0.2, -0.15) is 0 Å². The zero-order valence-electron chi connectivity index (χ0n) is 10.2. The number of nitrogens with two attached hydrogens (primary N) is 1. The number of hydrogen-bond acceptors (Lipinski definition) is 2. The Morgan fingerprint density at radius 2 is 2.06 bits per heavy atom. The third kappa shape index (κ3) is 2.42. The third-order valence-electron chi connectivity index (χ3n) is 3.51. The Kier molecular flexibility index (Phi) is 3.07. The van der Waals surface area contributed by atoms with Crippen LogP contribution in [0.4, 0.5) is 5.69 Å². The lowest BCUT2D eigenvalue weighted by Gasteiger charge is -2.46. The van der Waals surface area contributed by atoms with Crippen LogP contribution in [0.3, 0.4) is 0 Å². The van der Waals surface area contributed by atoms with E-state index in [9.17, 15) is 5.11 Å². The molecule has 0 bridgehead atoms. The van der Waals surface area contributed by atoms with Crippen molar-refractivity contribution in [2.75, 3.05) is 5.32 Å². The fourth-order valence-electron chi connectivity index (χ4n) is 1.97. The number of para-hydroxylation sites is 1. The Morgan fingerprint density at radius 3 is 2.59 bits per heavy atom. The van der Waals surface area contributed by atoms with Crippen molar-refractivity contribution >= 4 is 11.6 Å². The van der Waals surface area contributed by atoms with Gasteiger partial charge in [-0.1, -0.05) is 32.0 Å². The van der Waals surface area contributed by atoms with Gasteiger partial charge in [-0.05, 0) is 18.6 Å². The van der Waals surface area contributed by atoms with Crippen molar-refractivity contribution in [3.05, 3.63) is 30.3 Å². The normalized spacial score (nSPS) is 27.4. The van der Waals surface area contributed by atoms with E-state index in [4.69, 9.17) is 5.73 Å². The quantitative estimate of drug-likeness (QED) is 0.536.